The van der Waals surface area contributed by atoms with Crippen LogP contribution >= 0.6 is 0 Å². The van der Waals surface area contributed by atoms with E-state index in [0.717, 1.165) is 16.7 Å². The molecular formula is C20H16O. The van der Waals surface area contributed by atoms with Crippen LogP contribution in [0.5, 0.6) is 0 Å². The topological polar surface area (TPSA) is 13.1 Å². The van der Waals surface area contributed by atoms with Crippen LogP contribution in [-0.4, -0.2) is 0 Å². The number of benzene rings is 3. The molecule has 0 fully saturated rings. The van der Waals surface area contributed by atoms with E-state index in [1.54, 1.807) is 0 Å². The van der Waals surface area contributed by atoms with E-state index in [1.807, 2.05) is 0 Å². The van der Waals surface area contributed by atoms with Crippen molar-refractivity contribution in [3.8, 4) is 11.1 Å². The Bertz CT molecular complexity index is 960. The first kappa shape index (κ1) is 12.2. The number of aryl methyl sites for hydroxylation is 2. The molecule has 21 heavy (non-hydrogen) atoms. The van der Waals surface area contributed by atoms with Crippen LogP contribution in [0.2, 0.25) is 0 Å². The summed E-state index contributed by atoms with van der Waals surface area (Å²) in [5, 5.41) is 2.38. The van der Waals surface area contributed by atoms with Gasteiger partial charge in [-0.15, -0.1) is 0 Å². The lowest BCUT2D eigenvalue weighted by molar-refractivity contribution is 0.670. The Morgan fingerprint density at radius 3 is 2.38 bits per heavy atom. The number of hydrogen-bond donors (Lipinski definition) is 0. The van der Waals surface area contributed by atoms with Gasteiger partial charge in [0.15, 0.2) is 0 Å². The van der Waals surface area contributed by atoms with E-state index < -0.39 is 0 Å². The quantitative estimate of drug-likeness (QED) is 0.422. The fourth-order valence-corrected chi connectivity index (χ4v) is 2.95. The lowest BCUT2D eigenvalue weighted by Crippen LogP contribution is -1.80. The van der Waals surface area contributed by atoms with Gasteiger partial charge in [0, 0.05) is 16.3 Å². The van der Waals surface area contributed by atoms with Crippen LogP contribution in [0.1, 0.15) is 11.1 Å². The molecule has 102 valence electrons. The standard InChI is InChI=1S/C20H16O/c1-13-5-3-6-15(11-13)16-7-4-8-17-18-12-14(2)9-10-19(18)21-20(16)17/h3-12H,1-2H3. The molecular weight excluding hydrogens is 256 g/mol. The largest absolute Gasteiger partial charge is 0.455 e. The van der Waals surface area contributed by atoms with Crippen LogP contribution in [0.15, 0.2) is 65.1 Å². The summed E-state index contributed by atoms with van der Waals surface area (Å²) in [6, 6.07) is 21.3. The summed E-state index contributed by atoms with van der Waals surface area (Å²) < 4.78 is 6.13. The lowest BCUT2D eigenvalue weighted by Gasteiger charge is -2.03. The molecule has 0 radical (unpaired) electrons. The molecule has 0 aliphatic heterocycles. The van der Waals surface area contributed by atoms with Gasteiger partial charge in [-0.2, -0.15) is 0 Å². The van der Waals surface area contributed by atoms with Crippen molar-refractivity contribution >= 4 is 21.9 Å². The minimum absolute atomic E-state index is 0.954. The smallest absolute Gasteiger partial charge is 0.143 e. The Hall–Kier alpha value is -2.54. The third kappa shape index (κ3) is 1.93. The van der Waals surface area contributed by atoms with Gasteiger partial charge in [0.2, 0.25) is 0 Å². The van der Waals surface area contributed by atoms with E-state index in [-0.39, 0.29) is 0 Å². The first-order valence-electron chi connectivity index (χ1n) is 7.21. The van der Waals surface area contributed by atoms with Gasteiger partial charge in [-0.25, -0.2) is 0 Å². The van der Waals surface area contributed by atoms with Crippen molar-refractivity contribution in [1.82, 2.24) is 0 Å². The van der Waals surface area contributed by atoms with Crippen molar-refractivity contribution in [3.63, 3.8) is 0 Å². The number of para-hydroxylation sites is 1. The maximum absolute atomic E-state index is 6.13. The van der Waals surface area contributed by atoms with Gasteiger partial charge in [-0.3, -0.25) is 0 Å². The normalized spacial score (nSPS) is 11.3. The van der Waals surface area contributed by atoms with E-state index in [4.69, 9.17) is 4.42 Å². The molecule has 0 aliphatic rings. The third-order valence-electron chi connectivity index (χ3n) is 3.98. The molecule has 0 saturated heterocycles. The fourth-order valence-electron chi connectivity index (χ4n) is 2.95. The van der Waals surface area contributed by atoms with Crippen molar-refractivity contribution in [2.24, 2.45) is 0 Å². The second kappa shape index (κ2) is 4.49. The SMILES string of the molecule is Cc1cccc(-c2cccc3c2oc2ccc(C)cc23)c1. The first-order valence-corrected chi connectivity index (χ1v) is 7.21. The Labute approximate surface area is 123 Å². The molecule has 0 spiro atoms. The zero-order valence-electron chi connectivity index (χ0n) is 12.2. The molecule has 1 heteroatoms. The third-order valence-corrected chi connectivity index (χ3v) is 3.98. The van der Waals surface area contributed by atoms with Gasteiger partial charge in [0.25, 0.3) is 0 Å². The zero-order chi connectivity index (χ0) is 14.4. The summed E-state index contributed by atoms with van der Waals surface area (Å²) in [6.07, 6.45) is 0. The van der Waals surface area contributed by atoms with Crippen molar-refractivity contribution in [2.75, 3.05) is 0 Å². The highest BCUT2D eigenvalue weighted by Gasteiger charge is 2.11. The Morgan fingerprint density at radius 1 is 0.714 bits per heavy atom. The van der Waals surface area contributed by atoms with Gasteiger partial charge in [-0.1, -0.05) is 59.7 Å². The molecule has 0 bridgehead atoms. The number of furan rings is 1. The van der Waals surface area contributed by atoms with E-state index in [2.05, 4.69) is 74.5 Å². The highest BCUT2D eigenvalue weighted by atomic mass is 16.3. The lowest BCUT2D eigenvalue weighted by atomic mass is 10.0. The van der Waals surface area contributed by atoms with Crippen molar-refractivity contribution in [1.29, 1.82) is 0 Å². The van der Waals surface area contributed by atoms with Crippen LogP contribution in [0.25, 0.3) is 33.1 Å². The molecule has 1 heterocycles. The van der Waals surface area contributed by atoms with E-state index in [9.17, 15) is 0 Å². The summed E-state index contributed by atoms with van der Waals surface area (Å²) >= 11 is 0. The van der Waals surface area contributed by atoms with Crippen molar-refractivity contribution < 1.29 is 4.42 Å². The molecule has 1 aromatic heterocycles. The van der Waals surface area contributed by atoms with Crippen LogP contribution in [-0.2, 0) is 0 Å². The molecule has 4 aromatic rings. The Kier molecular flexibility index (Phi) is 2.61. The van der Waals surface area contributed by atoms with E-state index in [1.165, 1.54) is 27.5 Å². The fraction of sp³-hybridized carbons (Fsp3) is 0.100. The molecule has 0 atom stereocenters. The van der Waals surface area contributed by atoms with Crippen molar-refractivity contribution in [2.45, 2.75) is 13.8 Å². The summed E-state index contributed by atoms with van der Waals surface area (Å²) in [6.45, 7) is 4.23. The van der Waals surface area contributed by atoms with Gasteiger partial charge in [0.1, 0.15) is 11.2 Å². The van der Waals surface area contributed by atoms with Crippen LogP contribution in [0, 0.1) is 13.8 Å². The average Bonchev–Trinajstić information content (AvgIpc) is 2.85. The second-order valence-corrected chi connectivity index (χ2v) is 5.65. The summed E-state index contributed by atoms with van der Waals surface area (Å²) in [5.41, 5.74) is 6.81. The predicted octanol–water partition coefficient (Wildman–Crippen LogP) is 5.87. The monoisotopic (exact) mass is 272 g/mol. The first-order chi connectivity index (χ1) is 10.2. The molecule has 0 amide bonds. The second-order valence-electron chi connectivity index (χ2n) is 5.65. The van der Waals surface area contributed by atoms with Gasteiger partial charge in [0.05, 0.1) is 0 Å². The molecule has 0 N–H and O–H groups in total. The molecule has 4 rings (SSSR count). The molecule has 3 aromatic carbocycles. The minimum Gasteiger partial charge on any atom is -0.455 e. The average molecular weight is 272 g/mol. The summed E-state index contributed by atoms with van der Waals surface area (Å²) in [4.78, 5) is 0. The zero-order valence-corrected chi connectivity index (χ0v) is 12.2. The van der Waals surface area contributed by atoms with Crippen molar-refractivity contribution in [3.05, 3.63) is 71.8 Å². The Morgan fingerprint density at radius 2 is 1.52 bits per heavy atom. The molecule has 0 saturated carbocycles. The summed E-state index contributed by atoms with van der Waals surface area (Å²) in [7, 11) is 0. The maximum Gasteiger partial charge on any atom is 0.143 e. The highest BCUT2D eigenvalue weighted by Crippen LogP contribution is 2.36. The number of hydrogen-bond acceptors (Lipinski definition) is 1. The maximum atomic E-state index is 6.13. The van der Waals surface area contributed by atoms with E-state index >= 15 is 0 Å². The van der Waals surface area contributed by atoms with Gasteiger partial charge in [-0.05, 0) is 31.5 Å². The summed E-state index contributed by atoms with van der Waals surface area (Å²) in [5.74, 6) is 0. The minimum atomic E-state index is 0.954. The van der Waals surface area contributed by atoms with Crippen LogP contribution < -0.4 is 0 Å². The van der Waals surface area contributed by atoms with E-state index in [0.29, 0.717) is 0 Å². The Balaban J connectivity index is 2.09. The van der Waals surface area contributed by atoms with Crippen LogP contribution in [0.4, 0.5) is 0 Å². The highest BCUT2D eigenvalue weighted by molar-refractivity contribution is 6.09. The number of fused-ring (bicyclic) bond motifs is 3. The van der Waals surface area contributed by atoms with Gasteiger partial charge >= 0.3 is 0 Å². The molecule has 0 unspecified atom stereocenters. The number of rotatable bonds is 1. The van der Waals surface area contributed by atoms with Gasteiger partial charge < -0.3 is 4.42 Å². The van der Waals surface area contributed by atoms with Crippen LogP contribution in [0.3, 0.4) is 0 Å². The molecule has 0 aliphatic carbocycles. The predicted molar refractivity (Wildman–Crippen MR) is 88.6 cm³/mol. The molecule has 1 nitrogen and oxygen atoms in total.